The van der Waals surface area contributed by atoms with Gasteiger partial charge >= 0.3 is 0 Å². The number of fused-ring (bicyclic) bond motifs is 2. The van der Waals surface area contributed by atoms with Gasteiger partial charge in [0.25, 0.3) is 11.8 Å². The number of carbonyl (C=O) groups excluding carboxylic acids is 4. The molecule has 4 rings (SSSR count). The minimum absolute atomic E-state index is 0.195. The van der Waals surface area contributed by atoms with Crippen LogP contribution in [-0.2, 0) is 23.9 Å². The van der Waals surface area contributed by atoms with Crippen LogP contribution < -0.4 is 5.32 Å². The highest BCUT2D eigenvalue weighted by molar-refractivity contribution is 6.54. The SMILES string of the molecule is COCCN1CN(C)N2C=C(C(=O)Nc3cnc4ccccc4c3)C(=O)C(=O)C2C1=O. The number of methoxy groups -OCH3 is 1. The molecule has 10 nitrogen and oxygen atoms in total. The molecule has 3 heterocycles. The topological polar surface area (TPSA) is 112 Å². The molecule has 0 spiro atoms. The van der Waals surface area contributed by atoms with Crippen molar-refractivity contribution in [2.24, 2.45) is 0 Å². The Labute approximate surface area is 178 Å². The van der Waals surface area contributed by atoms with Crippen molar-refractivity contribution in [3.8, 4) is 0 Å². The Morgan fingerprint density at radius 2 is 2.03 bits per heavy atom. The molecule has 2 aromatic rings. The second-order valence-corrected chi connectivity index (χ2v) is 7.28. The Kier molecular flexibility index (Phi) is 5.49. The maximum atomic E-state index is 12.8. The molecule has 1 unspecified atom stereocenters. The molecular formula is C21H21N5O5. The normalized spacial score (nSPS) is 19.5. The zero-order valence-electron chi connectivity index (χ0n) is 17.1. The van der Waals surface area contributed by atoms with E-state index in [1.165, 1.54) is 29.4 Å². The van der Waals surface area contributed by atoms with E-state index in [4.69, 9.17) is 4.74 Å². The molecule has 0 radical (unpaired) electrons. The summed E-state index contributed by atoms with van der Waals surface area (Å²) in [6.45, 7) is 0.787. The van der Waals surface area contributed by atoms with Crippen molar-refractivity contribution in [2.75, 3.05) is 39.3 Å². The van der Waals surface area contributed by atoms with Gasteiger partial charge in [-0.05, 0) is 12.1 Å². The van der Waals surface area contributed by atoms with E-state index in [0.717, 1.165) is 10.9 Å². The fourth-order valence-corrected chi connectivity index (χ4v) is 3.61. The van der Waals surface area contributed by atoms with Crippen LogP contribution in [0.1, 0.15) is 0 Å². The van der Waals surface area contributed by atoms with Gasteiger partial charge in [-0.3, -0.25) is 29.2 Å². The van der Waals surface area contributed by atoms with Gasteiger partial charge in [0.1, 0.15) is 5.57 Å². The number of hydrazine groups is 1. The molecule has 10 heteroatoms. The Balaban J connectivity index is 1.58. The number of benzene rings is 1. The highest BCUT2D eigenvalue weighted by Gasteiger charge is 2.48. The average Bonchev–Trinajstić information content (AvgIpc) is 2.76. The maximum Gasteiger partial charge on any atom is 0.261 e. The Morgan fingerprint density at radius 1 is 1.26 bits per heavy atom. The quantitative estimate of drug-likeness (QED) is 0.412. The van der Waals surface area contributed by atoms with Gasteiger partial charge in [-0.15, -0.1) is 0 Å². The first-order chi connectivity index (χ1) is 14.9. The lowest BCUT2D eigenvalue weighted by Gasteiger charge is -2.46. The van der Waals surface area contributed by atoms with Crippen LogP contribution in [0.25, 0.3) is 10.9 Å². The van der Waals surface area contributed by atoms with Crippen LogP contribution in [0.2, 0.25) is 0 Å². The van der Waals surface area contributed by atoms with Crippen molar-refractivity contribution in [1.82, 2.24) is 19.9 Å². The summed E-state index contributed by atoms with van der Waals surface area (Å²) in [6, 6.07) is 7.80. The molecule has 0 bridgehead atoms. The number of Topliss-reactive ketones (excluding diaryl/α,β-unsaturated/α-hetero) is 2. The zero-order valence-corrected chi connectivity index (χ0v) is 17.1. The molecule has 1 aromatic heterocycles. The zero-order chi connectivity index (χ0) is 22.1. The van der Waals surface area contributed by atoms with Gasteiger partial charge in [-0.25, -0.2) is 5.01 Å². The number of rotatable bonds is 5. The molecule has 31 heavy (non-hydrogen) atoms. The second-order valence-electron chi connectivity index (χ2n) is 7.28. The number of nitrogens with one attached hydrogen (secondary N) is 1. The van der Waals surface area contributed by atoms with Crippen molar-refractivity contribution in [2.45, 2.75) is 6.04 Å². The summed E-state index contributed by atoms with van der Waals surface area (Å²) in [4.78, 5) is 56.7. The van der Waals surface area contributed by atoms with Gasteiger partial charge in [-0.1, -0.05) is 18.2 Å². The van der Waals surface area contributed by atoms with E-state index in [0.29, 0.717) is 12.3 Å². The first kappa shape index (κ1) is 20.6. The molecule has 2 amide bonds. The van der Waals surface area contributed by atoms with Gasteiger partial charge in [0, 0.05) is 32.3 Å². The molecule has 2 aliphatic heterocycles. The number of hydrogen-bond acceptors (Lipinski definition) is 8. The Hall–Kier alpha value is -3.63. The molecule has 2 aliphatic rings. The number of para-hydroxylation sites is 1. The van der Waals surface area contributed by atoms with E-state index in [9.17, 15) is 19.2 Å². The summed E-state index contributed by atoms with van der Waals surface area (Å²) in [5.41, 5.74) is 0.818. The van der Waals surface area contributed by atoms with Gasteiger partial charge in [-0.2, -0.15) is 0 Å². The summed E-state index contributed by atoms with van der Waals surface area (Å²) < 4.78 is 5.00. The van der Waals surface area contributed by atoms with Crippen LogP contribution in [0.4, 0.5) is 5.69 Å². The monoisotopic (exact) mass is 423 g/mol. The van der Waals surface area contributed by atoms with E-state index in [1.807, 2.05) is 24.3 Å². The number of nitrogens with zero attached hydrogens (tertiary/aromatic N) is 4. The van der Waals surface area contributed by atoms with Crippen molar-refractivity contribution in [1.29, 1.82) is 0 Å². The molecule has 1 aromatic carbocycles. The number of amides is 2. The third-order valence-corrected chi connectivity index (χ3v) is 5.22. The molecule has 160 valence electrons. The van der Waals surface area contributed by atoms with Crippen LogP contribution in [0, 0.1) is 0 Å². The molecule has 0 saturated carbocycles. The van der Waals surface area contributed by atoms with E-state index >= 15 is 0 Å². The lowest BCUT2D eigenvalue weighted by Crippen LogP contribution is -2.67. The first-order valence-corrected chi connectivity index (χ1v) is 9.64. The smallest absolute Gasteiger partial charge is 0.261 e. The number of carbonyl (C=O) groups is 4. The van der Waals surface area contributed by atoms with E-state index in [2.05, 4.69) is 10.3 Å². The fourth-order valence-electron chi connectivity index (χ4n) is 3.61. The number of ketones is 2. The van der Waals surface area contributed by atoms with E-state index < -0.39 is 29.4 Å². The summed E-state index contributed by atoms with van der Waals surface area (Å²) in [5.74, 6) is -3.18. The number of hydrogen-bond donors (Lipinski definition) is 1. The van der Waals surface area contributed by atoms with Gasteiger partial charge in [0.05, 0.1) is 30.7 Å². The number of aromatic nitrogens is 1. The number of pyridine rings is 1. The van der Waals surface area contributed by atoms with Gasteiger partial charge in [0.2, 0.25) is 11.6 Å². The van der Waals surface area contributed by atoms with Gasteiger partial charge in [0.15, 0.2) is 6.04 Å². The fraction of sp³-hybridized carbons (Fsp3) is 0.286. The molecular weight excluding hydrogens is 402 g/mol. The van der Waals surface area contributed by atoms with E-state index in [1.54, 1.807) is 18.1 Å². The third-order valence-electron chi connectivity index (χ3n) is 5.22. The van der Waals surface area contributed by atoms with Crippen molar-refractivity contribution in [3.63, 3.8) is 0 Å². The summed E-state index contributed by atoms with van der Waals surface area (Å²) in [6.07, 6.45) is 2.73. The average molecular weight is 423 g/mol. The first-order valence-electron chi connectivity index (χ1n) is 9.64. The Morgan fingerprint density at radius 3 is 2.81 bits per heavy atom. The molecule has 1 N–H and O–H groups in total. The van der Waals surface area contributed by atoms with Crippen LogP contribution in [0.15, 0.2) is 48.3 Å². The van der Waals surface area contributed by atoms with Gasteiger partial charge < -0.3 is 15.0 Å². The van der Waals surface area contributed by atoms with E-state index in [-0.39, 0.29) is 18.8 Å². The maximum absolute atomic E-state index is 12.8. The van der Waals surface area contributed by atoms with Crippen LogP contribution in [0.3, 0.4) is 0 Å². The van der Waals surface area contributed by atoms with Crippen molar-refractivity contribution >= 4 is 40.0 Å². The molecule has 1 atom stereocenters. The minimum atomic E-state index is -1.32. The molecule has 0 aliphatic carbocycles. The lowest BCUT2D eigenvalue weighted by atomic mass is 9.96. The summed E-state index contributed by atoms with van der Waals surface area (Å²) >= 11 is 0. The van der Waals surface area contributed by atoms with Crippen molar-refractivity contribution in [3.05, 3.63) is 48.3 Å². The minimum Gasteiger partial charge on any atom is -0.383 e. The number of anilines is 1. The highest BCUT2D eigenvalue weighted by Crippen LogP contribution is 2.24. The standard InChI is InChI=1S/C21H21N5O5/c1-24-12-25(7-8-31-2)21(30)17-19(28)18(27)15(11-26(17)24)20(29)23-14-9-13-5-3-4-6-16(13)22-10-14/h3-6,9-11,17H,7-8,12H2,1-2H3,(H,23,29). The predicted molar refractivity (Wildman–Crippen MR) is 110 cm³/mol. The van der Waals surface area contributed by atoms with Crippen molar-refractivity contribution < 1.29 is 23.9 Å². The second kappa shape index (κ2) is 8.25. The summed E-state index contributed by atoms with van der Waals surface area (Å²) in [7, 11) is 3.18. The van der Waals surface area contributed by atoms with Crippen LogP contribution in [0.5, 0.6) is 0 Å². The molecule has 1 saturated heterocycles. The van der Waals surface area contributed by atoms with Crippen LogP contribution in [-0.4, -0.2) is 83.3 Å². The largest absolute Gasteiger partial charge is 0.383 e. The third kappa shape index (κ3) is 3.78. The van der Waals surface area contributed by atoms with Crippen LogP contribution >= 0.6 is 0 Å². The number of ether oxygens (including phenoxy) is 1. The highest BCUT2D eigenvalue weighted by atomic mass is 16.5. The predicted octanol–water partition coefficient (Wildman–Crippen LogP) is 0.173. The Bertz CT molecular complexity index is 1110. The lowest BCUT2D eigenvalue weighted by molar-refractivity contribution is -0.170. The summed E-state index contributed by atoms with van der Waals surface area (Å²) in [5, 5.41) is 6.37. The molecule has 1 fully saturated rings.